The summed E-state index contributed by atoms with van der Waals surface area (Å²) >= 11 is 6.04. The van der Waals surface area contributed by atoms with Crippen molar-refractivity contribution in [1.82, 2.24) is 4.90 Å². The number of hydrogen-bond acceptors (Lipinski definition) is 3. The number of likely N-dealkylation sites (tertiary alicyclic amines) is 1. The number of rotatable bonds is 5. The lowest BCUT2D eigenvalue weighted by molar-refractivity contribution is -0.211. The molecule has 3 aliphatic rings. The topological polar surface area (TPSA) is 46.6 Å². The molecule has 4 nitrogen and oxygen atoms in total. The second-order valence-electron chi connectivity index (χ2n) is 7.70. The molecule has 1 aliphatic carbocycles. The number of nitrogens with zero attached hydrogens (tertiary/aromatic N) is 1. The van der Waals surface area contributed by atoms with E-state index in [-0.39, 0.29) is 30.4 Å². The lowest BCUT2D eigenvalue weighted by Gasteiger charge is -2.51. The fraction of sp³-hybridized carbons (Fsp3) is 0.600. The van der Waals surface area contributed by atoms with Gasteiger partial charge in [-0.25, -0.2) is 0 Å². The van der Waals surface area contributed by atoms with E-state index < -0.39 is 5.60 Å². The van der Waals surface area contributed by atoms with Gasteiger partial charge in [0.05, 0.1) is 12.5 Å². The lowest BCUT2D eigenvalue weighted by Crippen LogP contribution is -2.64. The van der Waals surface area contributed by atoms with Gasteiger partial charge in [-0.15, -0.1) is 0 Å². The Hall–Kier alpha value is -1.55. The molecule has 1 spiro atoms. The van der Waals surface area contributed by atoms with Crippen molar-refractivity contribution in [3.8, 4) is 0 Å². The molecule has 3 atom stereocenters. The zero-order valence-corrected chi connectivity index (χ0v) is 15.3. The van der Waals surface area contributed by atoms with Crippen molar-refractivity contribution < 1.29 is 14.3 Å². The molecule has 1 aromatic carbocycles. The van der Waals surface area contributed by atoms with Crippen molar-refractivity contribution in [1.29, 1.82) is 0 Å². The minimum absolute atomic E-state index is 0.00537. The normalized spacial score (nSPS) is 30.2. The lowest BCUT2D eigenvalue weighted by atomic mass is 9.78. The number of amides is 1. The predicted octanol–water partition coefficient (Wildman–Crippen LogP) is 4.27. The van der Waals surface area contributed by atoms with Crippen molar-refractivity contribution in [2.24, 2.45) is 5.92 Å². The molecule has 1 amide bonds. The smallest absolute Gasteiger partial charge is 0.311 e. The maximum Gasteiger partial charge on any atom is 0.311 e. The van der Waals surface area contributed by atoms with Gasteiger partial charge in [-0.05, 0) is 49.3 Å². The Kier molecular flexibility index (Phi) is 4.27. The molecule has 2 saturated heterocycles. The average molecular weight is 362 g/mol. The summed E-state index contributed by atoms with van der Waals surface area (Å²) in [5.41, 5.74) is 0.226. The summed E-state index contributed by atoms with van der Waals surface area (Å²) in [6.45, 7) is 2.15. The second kappa shape index (κ2) is 6.31. The van der Waals surface area contributed by atoms with E-state index in [1.165, 1.54) is 12.8 Å². The second-order valence-corrected chi connectivity index (χ2v) is 8.14. The summed E-state index contributed by atoms with van der Waals surface area (Å²) < 4.78 is 5.38. The molecule has 1 saturated carbocycles. The maximum absolute atomic E-state index is 13.4. The molecule has 2 aliphatic heterocycles. The van der Waals surface area contributed by atoms with Crippen molar-refractivity contribution in [3.63, 3.8) is 0 Å². The highest BCUT2D eigenvalue weighted by atomic mass is 35.5. The fourth-order valence-electron chi connectivity index (χ4n) is 4.34. The third kappa shape index (κ3) is 3.05. The van der Waals surface area contributed by atoms with Gasteiger partial charge in [-0.1, -0.05) is 43.5 Å². The third-order valence-electron chi connectivity index (χ3n) is 5.94. The van der Waals surface area contributed by atoms with Crippen LogP contribution in [0.2, 0.25) is 5.02 Å². The van der Waals surface area contributed by atoms with Crippen LogP contribution >= 0.6 is 11.6 Å². The zero-order valence-electron chi connectivity index (χ0n) is 14.5. The van der Waals surface area contributed by atoms with Crippen molar-refractivity contribution in [2.45, 2.75) is 69.6 Å². The number of piperidine rings is 1. The highest BCUT2D eigenvalue weighted by molar-refractivity contribution is 6.30. The zero-order chi connectivity index (χ0) is 17.6. The van der Waals surface area contributed by atoms with Crippen LogP contribution in [0, 0.1) is 5.92 Å². The Morgan fingerprint density at radius 1 is 1.24 bits per heavy atom. The SMILES string of the molecule is CCC(CC1CC1)N1C(=O)[C@]2(CCC1c1ccc(Cl)cc1)CC(=O)O2. The summed E-state index contributed by atoms with van der Waals surface area (Å²) in [4.78, 5) is 26.8. The first-order valence-corrected chi connectivity index (χ1v) is 9.70. The van der Waals surface area contributed by atoms with Gasteiger partial charge in [-0.3, -0.25) is 9.59 Å². The standard InChI is InChI=1S/C20H24ClNO3/c1-2-16(11-13-3-4-13)22-17(14-5-7-15(21)8-6-14)9-10-20(19(22)24)12-18(23)25-20/h5-8,13,16-17H,2-4,9-12H2,1H3/t16?,17?,20-/m0/s1. The van der Waals surface area contributed by atoms with E-state index in [9.17, 15) is 9.59 Å². The van der Waals surface area contributed by atoms with Gasteiger partial charge in [0.1, 0.15) is 0 Å². The number of halogens is 1. The summed E-state index contributed by atoms with van der Waals surface area (Å²) in [5.74, 6) is 0.490. The first-order valence-electron chi connectivity index (χ1n) is 9.32. The Morgan fingerprint density at radius 2 is 1.92 bits per heavy atom. The summed E-state index contributed by atoms with van der Waals surface area (Å²) in [5, 5.41) is 0.701. The van der Waals surface area contributed by atoms with Crippen LogP contribution in [0.1, 0.15) is 63.5 Å². The number of esters is 1. The van der Waals surface area contributed by atoms with Gasteiger partial charge < -0.3 is 9.64 Å². The number of ether oxygens (including phenoxy) is 1. The number of hydrogen-bond donors (Lipinski definition) is 0. The number of benzene rings is 1. The minimum Gasteiger partial charge on any atom is -0.448 e. The van der Waals surface area contributed by atoms with Crippen molar-refractivity contribution in [2.75, 3.05) is 0 Å². The molecular weight excluding hydrogens is 338 g/mol. The minimum atomic E-state index is -0.892. The number of carbonyl (C=O) groups is 2. The van der Waals surface area contributed by atoms with Gasteiger partial charge in [0.25, 0.3) is 5.91 Å². The number of carbonyl (C=O) groups excluding carboxylic acids is 2. The summed E-state index contributed by atoms with van der Waals surface area (Å²) in [6, 6.07) is 8.05. The molecule has 1 aromatic rings. The predicted molar refractivity (Wildman–Crippen MR) is 95.1 cm³/mol. The molecule has 0 N–H and O–H groups in total. The molecular formula is C20H24ClNO3. The van der Waals surface area contributed by atoms with Crippen LogP contribution in [0.15, 0.2) is 24.3 Å². The molecule has 25 heavy (non-hydrogen) atoms. The Bertz CT molecular complexity index is 675. The molecule has 5 heteroatoms. The van der Waals surface area contributed by atoms with Crippen LogP contribution in [0.4, 0.5) is 0 Å². The van der Waals surface area contributed by atoms with Crippen LogP contribution in [0.5, 0.6) is 0 Å². The average Bonchev–Trinajstić information content (AvgIpc) is 3.39. The van der Waals surface area contributed by atoms with E-state index in [1.54, 1.807) is 0 Å². The molecule has 2 unspecified atom stereocenters. The largest absolute Gasteiger partial charge is 0.448 e. The molecule has 0 radical (unpaired) electrons. The van der Waals surface area contributed by atoms with Gasteiger partial charge in [0.15, 0.2) is 0 Å². The quantitative estimate of drug-likeness (QED) is 0.736. The van der Waals surface area contributed by atoms with Crippen LogP contribution < -0.4 is 0 Å². The molecule has 0 aromatic heterocycles. The highest BCUT2D eigenvalue weighted by Crippen LogP contribution is 2.47. The van der Waals surface area contributed by atoms with Crippen molar-refractivity contribution >= 4 is 23.5 Å². The van der Waals surface area contributed by atoms with E-state index >= 15 is 0 Å². The van der Waals surface area contributed by atoms with Gasteiger partial charge in [-0.2, -0.15) is 0 Å². The third-order valence-corrected chi connectivity index (χ3v) is 6.19. The first-order chi connectivity index (χ1) is 12.0. The highest BCUT2D eigenvalue weighted by Gasteiger charge is 2.58. The van der Waals surface area contributed by atoms with Gasteiger partial charge in [0, 0.05) is 11.1 Å². The molecule has 4 rings (SSSR count). The van der Waals surface area contributed by atoms with Gasteiger partial charge >= 0.3 is 5.97 Å². The first kappa shape index (κ1) is 16.9. The fourth-order valence-corrected chi connectivity index (χ4v) is 4.47. The van der Waals surface area contributed by atoms with E-state index in [0.29, 0.717) is 11.4 Å². The molecule has 2 heterocycles. The summed E-state index contributed by atoms with van der Waals surface area (Å²) in [7, 11) is 0. The van der Waals surface area contributed by atoms with E-state index in [1.807, 2.05) is 29.2 Å². The molecule has 3 fully saturated rings. The monoisotopic (exact) mass is 361 g/mol. The van der Waals surface area contributed by atoms with E-state index in [0.717, 1.165) is 30.7 Å². The maximum atomic E-state index is 13.4. The van der Waals surface area contributed by atoms with E-state index in [4.69, 9.17) is 16.3 Å². The van der Waals surface area contributed by atoms with Crippen LogP contribution in [0.25, 0.3) is 0 Å². The van der Waals surface area contributed by atoms with Crippen LogP contribution in [-0.4, -0.2) is 28.4 Å². The Morgan fingerprint density at radius 3 is 2.48 bits per heavy atom. The van der Waals surface area contributed by atoms with E-state index in [2.05, 4.69) is 6.92 Å². The Balaban J connectivity index is 1.65. The van der Waals surface area contributed by atoms with Crippen molar-refractivity contribution in [3.05, 3.63) is 34.9 Å². The molecule has 134 valence electrons. The molecule has 0 bridgehead atoms. The van der Waals surface area contributed by atoms with Crippen LogP contribution in [-0.2, 0) is 14.3 Å². The van der Waals surface area contributed by atoms with Gasteiger partial charge in [0.2, 0.25) is 5.60 Å². The summed E-state index contributed by atoms with van der Waals surface area (Å²) in [6.07, 6.45) is 6.18. The van der Waals surface area contributed by atoms with Crippen LogP contribution in [0.3, 0.4) is 0 Å². The Labute approximate surface area is 153 Å².